The molecule has 1 aliphatic heterocycles. The second-order valence-electron chi connectivity index (χ2n) is 7.60. The third-order valence-electron chi connectivity index (χ3n) is 4.60. The predicted octanol–water partition coefficient (Wildman–Crippen LogP) is 3.01. The van der Waals surface area contributed by atoms with Crippen LogP contribution < -0.4 is 5.32 Å². The molecule has 0 saturated carbocycles. The van der Waals surface area contributed by atoms with E-state index >= 15 is 0 Å². The molecule has 6 heteroatoms. The molecule has 1 aromatic carbocycles. The normalized spacial score (nSPS) is 14.9. The zero-order valence-electron chi connectivity index (χ0n) is 16.4. The monoisotopic (exact) mass is 361 g/mol. The zero-order chi connectivity index (χ0) is 19.2. The van der Waals surface area contributed by atoms with Crippen molar-refractivity contribution < 1.29 is 14.3 Å². The molecule has 0 unspecified atom stereocenters. The van der Waals surface area contributed by atoms with Crippen molar-refractivity contribution in [1.82, 2.24) is 15.1 Å². The number of rotatable bonds is 4. The summed E-state index contributed by atoms with van der Waals surface area (Å²) in [5.41, 5.74) is 2.67. The Hall–Kier alpha value is -2.24. The molecule has 1 saturated heterocycles. The van der Waals surface area contributed by atoms with Gasteiger partial charge in [-0.05, 0) is 29.9 Å². The lowest BCUT2D eigenvalue weighted by atomic mass is 9.86. The number of amides is 3. The maximum absolute atomic E-state index is 12.3. The van der Waals surface area contributed by atoms with Gasteiger partial charge in [0, 0.05) is 32.7 Å². The van der Waals surface area contributed by atoms with Crippen LogP contribution in [0.3, 0.4) is 0 Å². The first kappa shape index (κ1) is 20.1. The molecule has 1 heterocycles. The fourth-order valence-corrected chi connectivity index (χ4v) is 2.90. The third-order valence-corrected chi connectivity index (χ3v) is 4.60. The highest BCUT2D eigenvalue weighted by Crippen LogP contribution is 2.22. The second kappa shape index (κ2) is 8.92. The van der Waals surface area contributed by atoms with E-state index in [0.717, 1.165) is 6.42 Å². The summed E-state index contributed by atoms with van der Waals surface area (Å²) in [5.74, 6) is 0. The molecule has 1 aromatic rings. The lowest BCUT2D eigenvalue weighted by Crippen LogP contribution is -2.53. The Morgan fingerprint density at radius 3 is 2.15 bits per heavy atom. The summed E-state index contributed by atoms with van der Waals surface area (Å²) in [7, 11) is 0. The van der Waals surface area contributed by atoms with Gasteiger partial charge >= 0.3 is 12.1 Å². The highest BCUT2D eigenvalue weighted by Gasteiger charge is 2.24. The number of carbonyl (C=O) groups excluding carboxylic acids is 2. The van der Waals surface area contributed by atoms with Crippen LogP contribution in [0.25, 0.3) is 0 Å². The van der Waals surface area contributed by atoms with Crippen LogP contribution in [0.1, 0.15) is 38.8 Å². The molecule has 2 rings (SSSR count). The van der Waals surface area contributed by atoms with Crippen molar-refractivity contribution in [3.05, 3.63) is 35.4 Å². The molecule has 0 radical (unpaired) electrons. The Labute approximate surface area is 156 Å². The van der Waals surface area contributed by atoms with Crippen LogP contribution in [0.5, 0.6) is 0 Å². The zero-order valence-corrected chi connectivity index (χ0v) is 16.4. The molecule has 0 bridgehead atoms. The molecule has 1 N–H and O–H groups in total. The number of hydrogen-bond donors (Lipinski definition) is 1. The maximum Gasteiger partial charge on any atom is 0.409 e. The van der Waals surface area contributed by atoms with Crippen molar-refractivity contribution >= 4 is 12.1 Å². The van der Waals surface area contributed by atoms with E-state index in [4.69, 9.17) is 4.74 Å². The van der Waals surface area contributed by atoms with Gasteiger partial charge < -0.3 is 19.9 Å². The first-order valence-electron chi connectivity index (χ1n) is 9.35. The lowest BCUT2D eigenvalue weighted by molar-refractivity contribution is 0.0852. The summed E-state index contributed by atoms with van der Waals surface area (Å²) < 4.78 is 4.99. The molecule has 1 fully saturated rings. The largest absolute Gasteiger partial charge is 0.450 e. The Kier molecular flexibility index (Phi) is 6.89. The van der Waals surface area contributed by atoms with Crippen LogP contribution >= 0.6 is 0 Å². The van der Waals surface area contributed by atoms with Gasteiger partial charge in [-0.25, -0.2) is 9.59 Å². The van der Waals surface area contributed by atoms with E-state index in [1.54, 1.807) is 16.7 Å². The number of urea groups is 1. The Morgan fingerprint density at radius 1 is 1.04 bits per heavy atom. The summed E-state index contributed by atoms with van der Waals surface area (Å²) in [6.45, 7) is 11.5. The Balaban J connectivity index is 1.72. The van der Waals surface area contributed by atoms with Crippen molar-refractivity contribution in [2.45, 2.75) is 39.5 Å². The topological polar surface area (TPSA) is 61.9 Å². The highest BCUT2D eigenvalue weighted by molar-refractivity contribution is 5.75. The van der Waals surface area contributed by atoms with Crippen LogP contribution in [-0.4, -0.2) is 61.3 Å². The van der Waals surface area contributed by atoms with Crippen LogP contribution in [-0.2, 0) is 16.6 Å². The number of benzene rings is 1. The molecular formula is C20H31N3O3. The second-order valence-corrected chi connectivity index (χ2v) is 7.60. The van der Waals surface area contributed by atoms with Gasteiger partial charge in [0.25, 0.3) is 0 Å². The molecule has 144 valence electrons. The van der Waals surface area contributed by atoms with Gasteiger partial charge in [-0.3, -0.25) is 0 Å². The van der Waals surface area contributed by atoms with Crippen molar-refractivity contribution in [2.24, 2.45) is 0 Å². The van der Waals surface area contributed by atoms with Crippen molar-refractivity contribution in [3.63, 3.8) is 0 Å². The number of nitrogens with one attached hydrogen (secondary N) is 1. The SMILES string of the molecule is CCOC(=O)N1CCN(C(=O)NCCc2ccc(C(C)(C)C)cc2)CC1. The fraction of sp³-hybridized carbons (Fsp3) is 0.600. The van der Waals surface area contributed by atoms with Crippen LogP contribution in [0, 0.1) is 0 Å². The average Bonchev–Trinajstić information content (AvgIpc) is 2.61. The molecule has 0 aromatic heterocycles. The number of piperazine rings is 1. The van der Waals surface area contributed by atoms with E-state index in [9.17, 15) is 9.59 Å². The number of carbonyl (C=O) groups is 2. The van der Waals surface area contributed by atoms with Crippen molar-refractivity contribution in [1.29, 1.82) is 0 Å². The first-order chi connectivity index (χ1) is 12.3. The Bertz CT molecular complexity index is 600. The van der Waals surface area contributed by atoms with E-state index in [0.29, 0.717) is 39.3 Å². The number of ether oxygens (including phenoxy) is 1. The van der Waals surface area contributed by atoms with Crippen molar-refractivity contribution in [3.8, 4) is 0 Å². The summed E-state index contributed by atoms with van der Waals surface area (Å²) in [4.78, 5) is 27.3. The van der Waals surface area contributed by atoms with E-state index in [-0.39, 0.29) is 17.5 Å². The lowest BCUT2D eigenvalue weighted by Gasteiger charge is -2.34. The maximum atomic E-state index is 12.3. The molecule has 26 heavy (non-hydrogen) atoms. The smallest absolute Gasteiger partial charge is 0.409 e. The fourth-order valence-electron chi connectivity index (χ4n) is 2.90. The molecule has 0 spiro atoms. The summed E-state index contributed by atoms with van der Waals surface area (Å²) in [6, 6.07) is 8.51. The van der Waals surface area contributed by atoms with Gasteiger partial charge in [0.2, 0.25) is 0 Å². The van der Waals surface area contributed by atoms with Gasteiger partial charge in [-0.1, -0.05) is 45.0 Å². The molecule has 0 aliphatic carbocycles. The molecule has 3 amide bonds. The predicted molar refractivity (Wildman–Crippen MR) is 102 cm³/mol. The van der Waals surface area contributed by atoms with E-state index in [2.05, 4.69) is 50.4 Å². The van der Waals surface area contributed by atoms with Crippen LogP contribution in [0.4, 0.5) is 9.59 Å². The minimum Gasteiger partial charge on any atom is -0.450 e. The van der Waals surface area contributed by atoms with Gasteiger partial charge in [0.1, 0.15) is 0 Å². The van der Waals surface area contributed by atoms with E-state index < -0.39 is 0 Å². The average molecular weight is 361 g/mol. The molecule has 6 nitrogen and oxygen atoms in total. The van der Waals surface area contributed by atoms with Gasteiger partial charge in [-0.15, -0.1) is 0 Å². The minimum absolute atomic E-state index is 0.0696. The Morgan fingerprint density at radius 2 is 1.62 bits per heavy atom. The van der Waals surface area contributed by atoms with Crippen molar-refractivity contribution in [2.75, 3.05) is 39.3 Å². The van der Waals surface area contributed by atoms with Crippen LogP contribution in [0.2, 0.25) is 0 Å². The van der Waals surface area contributed by atoms with E-state index in [1.807, 2.05) is 0 Å². The highest BCUT2D eigenvalue weighted by atomic mass is 16.6. The summed E-state index contributed by atoms with van der Waals surface area (Å²) in [5, 5.41) is 2.97. The summed E-state index contributed by atoms with van der Waals surface area (Å²) in [6.07, 6.45) is 0.505. The van der Waals surface area contributed by atoms with Gasteiger partial charge in [0.15, 0.2) is 0 Å². The summed E-state index contributed by atoms with van der Waals surface area (Å²) >= 11 is 0. The molecule has 1 aliphatic rings. The molecular weight excluding hydrogens is 330 g/mol. The number of hydrogen-bond acceptors (Lipinski definition) is 3. The quantitative estimate of drug-likeness (QED) is 0.897. The van der Waals surface area contributed by atoms with Gasteiger partial charge in [0.05, 0.1) is 6.61 Å². The number of nitrogens with zero attached hydrogens (tertiary/aromatic N) is 2. The van der Waals surface area contributed by atoms with Gasteiger partial charge in [-0.2, -0.15) is 0 Å². The standard InChI is InChI=1S/C20H31N3O3/c1-5-26-19(25)23-14-12-22(13-15-23)18(24)21-11-10-16-6-8-17(9-7-16)20(2,3)4/h6-9H,5,10-15H2,1-4H3,(H,21,24). The third kappa shape index (κ3) is 5.64. The minimum atomic E-state index is -0.300. The molecule has 0 atom stereocenters. The first-order valence-corrected chi connectivity index (χ1v) is 9.35. The van der Waals surface area contributed by atoms with Crippen LogP contribution in [0.15, 0.2) is 24.3 Å². The van der Waals surface area contributed by atoms with E-state index in [1.165, 1.54) is 11.1 Å².